The third-order valence-electron chi connectivity index (χ3n) is 2.26. The van der Waals surface area contributed by atoms with Crippen LogP contribution in [-0.4, -0.2) is 13.7 Å². The molecule has 2 rings (SSSR count). The molecule has 0 aliphatic carbocycles. The lowest BCUT2D eigenvalue weighted by Gasteiger charge is -2.16. The Labute approximate surface area is 87.7 Å². The van der Waals surface area contributed by atoms with E-state index in [0.717, 1.165) is 24.4 Å². The molecule has 0 aromatic carbocycles. The topological polar surface area (TPSA) is 34.4 Å². The molecule has 0 amide bonds. The second kappa shape index (κ2) is 4.07. The SMILES string of the molecule is CNC(C1=CCCO1)c1ccoc1Cl. The molecular weight excluding hydrogens is 202 g/mol. The molecule has 1 aliphatic rings. The van der Waals surface area contributed by atoms with Crippen molar-refractivity contribution in [1.82, 2.24) is 5.32 Å². The molecule has 1 aliphatic heterocycles. The van der Waals surface area contributed by atoms with Gasteiger partial charge in [-0.2, -0.15) is 0 Å². The number of ether oxygens (including phenoxy) is 1. The Bertz CT molecular complexity index is 346. The fourth-order valence-electron chi connectivity index (χ4n) is 1.60. The van der Waals surface area contributed by atoms with Crippen LogP contribution in [0.1, 0.15) is 18.0 Å². The summed E-state index contributed by atoms with van der Waals surface area (Å²) < 4.78 is 10.5. The Balaban J connectivity index is 2.25. The number of nitrogens with one attached hydrogen (secondary N) is 1. The molecule has 2 heterocycles. The minimum absolute atomic E-state index is 0.00347. The van der Waals surface area contributed by atoms with Gasteiger partial charge in [-0.25, -0.2) is 0 Å². The number of halogens is 1. The van der Waals surface area contributed by atoms with Crippen molar-refractivity contribution in [2.75, 3.05) is 13.7 Å². The van der Waals surface area contributed by atoms with E-state index in [1.807, 2.05) is 13.1 Å². The highest BCUT2D eigenvalue weighted by Gasteiger charge is 2.22. The molecule has 0 fully saturated rings. The van der Waals surface area contributed by atoms with Gasteiger partial charge in [0.25, 0.3) is 0 Å². The molecule has 1 N–H and O–H groups in total. The van der Waals surface area contributed by atoms with Crippen molar-refractivity contribution in [3.63, 3.8) is 0 Å². The smallest absolute Gasteiger partial charge is 0.198 e. The van der Waals surface area contributed by atoms with E-state index in [2.05, 4.69) is 11.4 Å². The van der Waals surface area contributed by atoms with Crippen molar-refractivity contribution in [3.8, 4) is 0 Å². The van der Waals surface area contributed by atoms with Crippen molar-refractivity contribution in [2.45, 2.75) is 12.5 Å². The summed E-state index contributed by atoms with van der Waals surface area (Å²) in [5.41, 5.74) is 0.919. The largest absolute Gasteiger partial charge is 0.496 e. The second-order valence-electron chi connectivity index (χ2n) is 3.11. The maximum atomic E-state index is 5.90. The molecule has 4 heteroatoms. The predicted molar refractivity (Wildman–Crippen MR) is 54.2 cm³/mol. The Morgan fingerprint density at radius 3 is 2.93 bits per heavy atom. The highest BCUT2D eigenvalue weighted by Crippen LogP contribution is 2.31. The highest BCUT2D eigenvalue weighted by molar-refractivity contribution is 6.29. The van der Waals surface area contributed by atoms with Gasteiger partial charge in [-0.05, 0) is 30.8 Å². The Morgan fingerprint density at radius 1 is 1.57 bits per heavy atom. The lowest BCUT2D eigenvalue weighted by atomic mass is 10.1. The van der Waals surface area contributed by atoms with Gasteiger partial charge in [-0.15, -0.1) is 0 Å². The summed E-state index contributed by atoms with van der Waals surface area (Å²) in [7, 11) is 1.87. The minimum atomic E-state index is 0.00347. The minimum Gasteiger partial charge on any atom is -0.496 e. The summed E-state index contributed by atoms with van der Waals surface area (Å²) in [6.07, 6.45) is 4.62. The molecule has 0 bridgehead atoms. The summed E-state index contributed by atoms with van der Waals surface area (Å²) in [5.74, 6) is 0.927. The Kier molecular flexibility index (Phi) is 2.79. The first-order valence-corrected chi connectivity index (χ1v) is 4.93. The molecule has 0 saturated carbocycles. The monoisotopic (exact) mass is 213 g/mol. The quantitative estimate of drug-likeness (QED) is 0.838. The van der Waals surface area contributed by atoms with Gasteiger partial charge >= 0.3 is 0 Å². The van der Waals surface area contributed by atoms with E-state index < -0.39 is 0 Å². The predicted octanol–water partition coefficient (Wildman–Crippen LogP) is 2.50. The van der Waals surface area contributed by atoms with Crippen molar-refractivity contribution < 1.29 is 9.15 Å². The normalized spacial score (nSPS) is 17.7. The van der Waals surface area contributed by atoms with Gasteiger partial charge in [0.15, 0.2) is 5.22 Å². The summed E-state index contributed by atoms with van der Waals surface area (Å²) in [4.78, 5) is 0. The number of rotatable bonds is 3. The average molecular weight is 214 g/mol. The number of likely N-dealkylation sites (N-methyl/N-ethyl adjacent to an activating group) is 1. The van der Waals surface area contributed by atoms with Crippen LogP contribution in [0.3, 0.4) is 0 Å². The van der Waals surface area contributed by atoms with E-state index in [1.54, 1.807) is 6.26 Å². The van der Waals surface area contributed by atoms with Crippen LogP contribution in [0.4, 0.5) is 0 Å². The average Bonchev–Trinajstić information content (AvgIpc) is 2.80. The molecule has 1 aromatic rings. The summed E-state index contributed by atoms with van der Waals surface area (Å²) in [6, 6.07) is 1.86. The zero-order chi connectivity index (χ0) is 9.97. The standard InChI is InChI=1S/C10H12ClNO2/c1-12-9(8-3-2-5-13-8)7-4-6-14-10(7)11/h3-4,6,9,12H,2,5H2,1H3. The third kappa shape index (κ3) is 1.65. The van der Waals surface area contributed by atoms with Crippen LogP contribution < -0.4 is 5.32 Å². The molecule has 14 heavy (non-hydrogen) atoms. The molecule has 1 aromatic heterocycles. The van der Waals surface area contributed by atoms with E-state index >= 15 is 0 Å². The first kappa shape index (κ1) is 9.62. The molecule has 1 atom stereocenters. The van der Waals surface area contributed by atoms with E-state index in [9.17, 15) is 0 Å². The fraction of sp³-hybridized carbons (Fsp3) is 0.400. The third-order valence-corrected chi connectivity index (χ3v) is 2.57. The van der Waals surface area contributed by atoms with Gasteiger partial charge in [0.2, 0.25) is 0 Å². The maximum absolute atomic E-state index is 5.90. The van der Waals surface area contributed by atoms with Crippen LogP contribution in [0.2, 0.25) is 5.22 Å². The number of hydrogen-bond acceptors (Lipinski definition) is 3. The molecule has 76 valence electrons. The first-order valence-electron chi connectivity index (χ1n) is 4.56. The number of hydrogen-bond donors (Lipinski definition) is 1. The summed E-state index contributed by atoms with van der Waals surface area (Å²) in [6.45, 7) is 0.753. The fourth-order valence-corrected chi connectivity index (χ4v) is 1.82. The molecule has 0 saturated heterocycles. The van der Waals surface area contributed by atoms with Crippen molar-refractivity contribution in [1.29, 1.82) is 0 Å². The van der Waals surface area contributed by atoms with Gasteiger partial charge < -0.3 is 14.5 Å². The van der Waals surface area contributed by atoms with Gasteiger partial charge in [0.05, 0.1) is 18.9 Å². The molecule has 1 unspecified atom stereocenters. The maximum Gasteiger partial charge on any atom is 0.198 e. The lowest BCUT2D eigenvalue weighted by Crippen LogP contribution is -2.18. The van der Waals surface area contributed by atoms with Crippen LogP contribution in [0.5, 0.6) is 0 Å². The van der Waals surface area contributed by atoms with Gasteiger partial charge in [0, 0.05) is 12.0 Å². The summed E-state index contributed by atoms with van der Waals surface area (Å²) >= 11 is 5.90. The van der Waals surface area contributed by atoms with Crippen molar-refractivity contribution >= 4 is 11.6 Å². The van der Waals surface area contributed by atoms with E-state index in [0.29, 0.717) is 5.22 Å². The summed E-state index contributed by atoms with van der Waals surface area (Å²) in [5, 5.41) is 3.57. The lowest BCUT2D eigenvalue weighted by molar-refractivity contribution is 0.218. The second-order valence-corrected chi connectivity index (χ2v) is 3.46. The number of furan rings is 1. The Hall–Kier alpha value is -0.930. The van der Waals surface area contributed by atoms with Crippen LogP contribution in [0, 0.1) is 0 Å². The van der Waals surface area contributed by atoms with Crippen LogP contribution in [0.15, 0.2) is 28.6 Å². The van der Waals surface area contributed by atoms with E-state index in [4.69, 9.17) is 20.8 Å². The van der Waals surface area contributed by atoms with Crippen molar-refractivity contribution in [2.24, 2.45) is 0 Å². The molecule has 3 nitrogen and oxygen atoms in total. The highest BCUT2D eigenvalue weighted by atomic mass is 35.5. The molecule has 0 spiro atoms. The van der Waals surface area contributed by atoms with Crippen molar-refractivity contribution in [3.05, 3.63) is 34.9 Å². The molecule has 0 radical (unpaired) electrons. The van der Waals surface area contributed by atoms with Gasteiger partial charge in [-0.3, -0.25) is 0 Å². The van der Waals surface area contributed by atoms with Gasteiger partial charge in [-0.1, -0.05) is 0 Å². The van der Waals surface area contributed by atoms with Crippen LogP contribution >= 0.6 is 11.6 Å². The van der Waals surface area contributed by atoms with E-state index in [1.165, 1.54) is 0 Å². The van der Waals surface area contributed by atoms with E-state index in [-0.39, 0.29) is 6.04 Å². The molecular formula is C10H12ClNO2. The van der Waals surface area contributed by atoms with Crippen LogP contribution in [0.25, 0.3) is 0 Å². The zero-order valence-electron chi connectivity index (χ0n) is 7.92. The first-order chi connectivity index (χ1) is 6.83. The zero-order valence-corrected chi connectivity index (χ0v) is 8.67. The Morgan fingerprint density at radius 2 is 2.43 bits per heavy atom. The van der Waals surface area contributed by atoms with Crippen LogP contribution in [-0.2, 0) is 4.74 Å². The van der Waals surface area contributed by atoms with Gasteiger partial charge in [0.1, 0.15) is 5.76 Å².